The van der Waals surface area contributed by atoms with Crippen LogP contribution in [-0.4, -0.2) is 31.2 Å². The Morgan fingerprint density at radius 2 is 1.68 bits per heavy atom. The Morgan fingerprint density at radius 3 is 2.11 bits per heavy atom. The van der Waals surface area contributed by atoms with Crippen molar-refractivity contribution < 1.29 is 14.7 Å². The molecule has 1 aromatic carbocycles. The van der Waals surface area contributed by atoms with Crippen molar-refractivity contribution in [2.24, 2.45) is 0 Å². The second kappa shape index (κ2) is 11.1. The highest BCUT2D eigenvalue weighted by Gasteiger charge is 2.10. The number of carbonyl (C=O) groups excluding carboxylic acids is 1. The average molecular weight is 268 g/mol. The zero-order chi connectivity index (χ0) is 15.4. The van der Waals surface area contributed by atoms with E-state index < -0.39 is 5.97 Å². The number of hydrogen-bond acceptors (Lipinski definition) is 2. The number of rotatable bonds is 2. The molecule has 0 aliphatic carbocycles. The summed E-state index contributed by atoms with van der Waals surface area (Å²) >= 11 is 0. The molecule has 0 bridgehead atoms. The fourth-order valence-electron chi connectivity index (χ4n) is 1.13. The molecule has 2 amide bonds. The van der Waals surface area contributed by atoms with Gasteiger partial charge in [-0.15, -0.1) is 0 Å². The van der Waals surface area contributed by atoms with Crippen molar-refractivity contribution in [1.82, 2.24) is 5.32 Å². The van der Waals surface area contributed by atoms with E-state index in [-0.39, 0.29) is 11.6 Å². The number of carboxylic acids is 1. The molecule has 0 heterocycles. The van der Waals surface area contributed by atoms with Gasteiger partial charge in [0.15, 0.2) is 0 Å². The fraction of sp³-hybridized carbons (Fsp3) is 0.429. The molecule has 0 saturated carbocycles. The average Bonchev–Trinajstić information content (AvgIpc) is 2.49. The summed E-state index contributed by atoms with van der Waals surface area (Å²) in [7, 11) is 3.08. The monoisotopic (exact) mass is 268 g/mol. The molecule has 0 radical (unpaired) electrons. The van der Waals surface area contributed by atoms with Gasteiger partial charge in [-0.05, 0) is 18.2 Å². The third kappa shape index (κ3) is 6.45. The summed E-state index contributed by atoms with van der Waals surface area (Å²) < 4.78 is 0. The zero-order valence-electron chi connectivity index (χ0n) is 12.5. The van der Waals surface area contributed by atoms with Crippen LogP contribution in [-0.2, 0) is 0 Å². The quantitative estimate of drug-likeness (QED) is 0.865. The van der Waals surface area contributed by atoms with Gasteiger partial charge in [-0.25, -0.2) is 9.59 Å². The summed E-state index contributed by atoms with van der Waals surface area (Å²) in [6, 6.07) is 5.89. The minimum absolute atomic E-state index is 0.156. The van der Waals surface area contributed by atoms with E-state index in [2.05, 4.69) is 5.32 Å². The number of carbonyl (C=O) groups is 2. The minimum Gasteiger partial charge on any atom is -0.478 e. The number of urea groups is 1. The van der Waals surface area contributed by atoms with Crippen LogP contribution in [0.25, 0.3) is 0 Å². The topological polar surface area (TPSA) is 69.6 Å². The van der Waals surface area contributed by atoms with E-state index >= 15 is 0 Å². The molecule has 5 heteroatoms. The molecule has 0 spiro atoms. The van der Waals surface area contributed by atoms with Crippen molar-refractivity contribution in [3.63, 3.8) is 0 Å². The highest BCUT2D eigenvalue weighted by atomic mass is 16.4. The van der Waals surface area contributed by atoms with E-state index in [4.69, 9.17) is 5.11 Å². The summed E-state index contributed by atoms with van der Waals surface area (Å²) in [5, 5.41) is 11.2. The lowest BCUT2D eigenvalue weighted by Crippen LogP contribution is -2.34. The third-order valence-corrected chi connectivity index (χ3v) is 2.00. The van der Waals surface area contributed by atoms with Crippen LogP contribution in [0.4, 0.5) is 10.5 Å². The van der Waals surface area contributed by atoms with Crippen LogP contribution in [0.1, 0.15) is 38.1 Å². The first-order valence-electron chi connectivity index (χ1n) is 6.35. The first-order chi connectivity index (χ1) is 9.06. The maximum atomic E-state index is 11.3. The fourth-order valence-corrected chi connectivity index (χ4v) is 1.13. The van der Waals surface area contributed by atoms with Gasteiger partial charge in [0.25, 0.3) is 0 Å². The Balaban J connectivity index is 0. The molecule has 0 aliphatic rings. The maximum absolute atomic E-state index is 11.3. The third-order valence-electron chi connectivity index (χ3n) is 2.00. The lowest BCUT2D eigenvalue weighted by atomic mass is 10.2. The summed E-state index contributed by atoms with van der Waals surface area (Å²) in [5.74, 6) is -1.01. The lowest BCUT2D eigenvalue weighted by Gasteiger charge is -2.16. The van der Waals surface area contributed by atoms with Gasteiger partial charge in [0, 0.05) is 19.8 Å². The molecule has 1 rings (SSSR count). The molecule has 2 N–H and O–H groups in total. The van der Waals surface area contributed by atoms with Crippen molar-refractivity contribution in [2.75, 3.05) is 19.0 Å². The number of anilines is 1. The highest BCUT2D eigenvalue weighted by Crippen LogP contribution is 2.14. The minimum atomic E-state index is -1.01. The van der Waals surface area contributed by atoms with Gasteiger partial charge in [0.1, 0.15) is 0 Å². The van der Waals surface area contributed by atoms with Crippen molar-refractivity contribution in [3.8, 4) is 0 Å². The van der Waals surface area contributed by atoms with Crippen LogP contribution in [0.2, 0.25) is 0 Å². The molecule has 1 aromatic rings. The van der Waals surface area contributed by atoms with Gasteiger partial charge in [-0.2, -0.15) is 0 Å². The molecule has 0 unspecified atom stereocenters. The maximum Gasteiger partial charge on any atom is 0.335 e. The van der Waals surface area contributed by atoms with Crippen molar-refractivity contribution in [1.29, 1.82) is 0 Å². The van der Waals surface area contributed by atoms with E-state index in [0.717, 1.165) is 0 Å². The first-order valence-corrected chi connectivity index (χ1v) is 6.35. The van der Waals surface area contributed by atoms with Crippen LogP contribution in [0.3, 0.4) is 0 Å². The molecule has 108 valence electrons. The first kappa shape index (κ1) is 19.3. The van der Waals surface area contributed by atoms with Gasteiger partial charge in [0.2, 0.25) is 0 Å². The van der Waals surface area contributed by atoms with Gasteiger partial charge in [0.05, 0.1) is 5.56 Å². The van der Waals surface area contributed by atoms with E-state index in [1.165, 1.54) is 24.1 Å². The molecular weight excluding hydrogens is 244 g/mol. The Kier molecular flexibility index (Phi) is 11.3. The second-order valence-corrected chi connectivity index (χ2v) is 2.97. The van der Waals surface area contributed by atoms with E-state index in [0.29, 0.717) is 5.69 Å². The lowest BCUT2D eigenvalue weighted by molar-refractivity contribution is 0.0697. The molecule has 0 aliphatic heterocycles. The summed E-state index contributed by atoms with van der Waals surface area (Å²) in [5.41, 5.74) is 0.692. The molecule has 0 aromatic heterocycles. The Hall–Kier alpha value is -2.04. The van der Waals surface area contributed by atoms with Crippen LogP contribution >= 0.6 is 0 Å². The number of nitrogens with one attached hydrogen (secondary N) is 1. The number of nitrogens with zero attached hydrogens (tertiary/aromatic N) is 1. The number of amides is 2. The normalized spacial score (nSPS) is 8.11. The Morgan fingerprint density at radius 1 is 1.16 bits per heavy atom. The Bertz CT molecular complexity index is 392. The number of carboxylic acid groups (broad SMARTS) is 1. The smallest absolute Gasteiger partial charge is 0.335 e. The van der Waals surface area contributed by atoms with Crippen LogP contribution < -0.4 is 10.2 Å². The predicted molar refractivity (Wildman–Crippen MR) is 79.0 cm³/mol. The van der Waals surface area contributed by atoms with Crippen LogP contribution in [0.5, 0.6) is 0 Å². The van der Waals surface area contributed by atoms with Crippen LogP contribution in [0, 0.1) is 0 Å². The zero-order valence-corrected chi connectivity index (χ0v) is 12.5. The SMILES string of the molecule is CC.CC.CNC(=O)N(C)c1cccc(C(=O)O)c1. The predicted octanol–water partition coefficient (Wildman–Crippen LogP) is 3.21. The van der Waals surface area contributed by atoms with Crippen LogP contribution in [0.15, 0.2) is 24.3 Å². The number of hydrogen-bond donors (Lipinski definition) is 2. The highest BCUT2D eigenvalue weighted by molar-refractivity contribution is 5.94. The standard InChI is InChI=1S/C10H12N2O3.2C2H6/c1-11-10(15)12(2)8-5-3-4-7(6-8)9(13)14;2*1-2/h3-6H,1-2H3,(H,11,15)(H,13,14);2*1-2H3. The summed E-state index contributed by atoms with van der Waals surface area (Å²) in [6.07, 6.45) is 0. The molecule has 0 atom stereocenters. The summed E-state index contributed by atoms with van der Waals surface area (Å²) in [6.45, 7) is 8.00. The van der Waals surface area contributed by atoms with Crippen molar-refractivity contribution >= 4 is 17.7 Å². The summed E-state index contributed by atoms with van der Waals surface area (Å²) in [4.78, 5) is 23.3. The van der Waals surface area contributed by atoms with Gasteiger partial charge >= 0.3 is 12.0 Å². The van der Waals surface area contributed by atoms with Crippen molar-refractivity contribution in [2.45, 2.75) is 27.7 Å². The van der Waals surface area contributed by atoms with Gasteiger partial charge in [-0.1, -0.05) is 33.8 Å². The molecule has 0 fully saturated rings. The molecule has 0 saturated heterocycles. The molecule has 5 nitrogen and oxygen atoms in total. The van der Waals surface area contributed by atoms with Crippen molar-refractivity contribution in [3.05, 3.63) is 29.8 Å². The van der Waals surface area contributed by atoms with E-state index in [9.17, 15) is 9.59 Å². The van der Waals surface area contributed by atoms with E-state index in [1.807, 2.05) is 27.7 Å². The largest absolute Gasteiger partial charge is 0.478 e. The number of aromatic carboxylic acids is 1. The number of benzene rings is 1. The van der Waals surface area contributed by atoms with Gasteiger partial charge < -0.3 is 10.4 Å². The second-order valence-electron chi connectivity index (χ2n) is 2.97. The Labute approximate surface area is 115 Å². The molecular formula is C14H24N2O3. The molecule has 19 heavy (non-hydrogen) atoms. The van der Waals surface area contributed by atoms with E-state index in [1.54, 1.807) is 19.2 Å². The van der Waals surface area contributed by atoms with Gasteiger partial charge in [-0.3, -0.25) is 4.90 Å².